The Hall–Kier alpha value is -0.120. The molecule has 1 unspecified atom stereocenters. The molecule has 1 N–H and O–H groups in total. The molecule has 1 aliphatic rings. The third-order valence-electron chi connectivity index (χ3n) is 4.97. The van der Waals surface area contributed by atoms with E-state index in [0.717, 1.165) is 39.1 Å². The zero-order chi connectivity index (χ0) is 15.6. The third kappa shape index (κ3) is 7.12. The molecule has 21 heavy (non-hydrogen) atoms. The van der Waals surface area contributed by atoms with Crippen LogP contribution in [0.25, 0.3) is 0 Å². The lowest BCUT2D eigenvalue weighted by atomic mass is 9.90. The fourth-order valence-electron chi connectivity index (χ4n) is 3.18. The van der Waals surface area contributed by atoms with Crippen molar-refractivity contribution in [2.24, 2.45) is 0 Å². The Labute approximate surface area is 132 Å². The molecule has 0 bridgehead atoms. The molecule has 0 aromatic rings. The molecule has 0 amide bonds. The van der Waals surface area contributed by atoms with E-state index in [0.29, 0.717) is 0 Å². The van der Waals surface area contributed by atoms with E-state index in [-0.39, 0.29) is 11.6 Å². The Balaban J connectivity index is 2.10. The van der Waals surface area contributed by atoms with Gasteiger partial charge in [0.2, 0.25) is 0 Å². The lowest BCUT2D eigenvalue weighted by Gasteiger charge is -2.43. The first kappa shape index (κ1) is 18.9. The number of aliphatic hydroxyl groups is 1. The zero-order valence-corrected chi connectivity index (χ0v) is 14.6. The molecule has 1 atom stereocenters. The maximum absolute atomic E-state index is 10.5. The molecule has 0 aromatic carbocycles. The van der Waals surface area contributed by atoms with E-state index in [9.17, 15) is 5.11 Å². The Morgan fingerprint density at radius 3 is 2.05 bits per heavy atom. The minimum Gasteiger partial charge on any atom is -0.391 e. The molecule has 1 rings (SSSR count). The summed E-state index contributed by atoms with van der Waals surface area (Å²) in [7, 11) is 0. The van der Waals surface area contributed by atoms with Gasteiger partial charge in [-0.3, -0.25) is 4.90 Å². The van der Waals surface area contributed by atoms with Crippen molar-refractivity contribution in [3.8, 4) is 0 Å². The smallest absolute Gasteiger partial charge is 0.0718 e. The van der Waals surface area contributed by atoms with Crippen molar-refractivity contribution >= 4 is 0 Å². The Bertz CT molecular complexity index is 250. The van der Waals surface area contributed by atoms with Gasteiger partial charge >= 0.3 is 0 Å². The molecule has 126 valence electrons. The van der Waals surface area contributed by atoms with Crippen LogP contribution in [0.3, 0.4) is 0 Å². The summed E-state index contributed by atoms with van der Waals surface area (Å²) in [6, 6.07) is 0. The predicted molar refractivity (Wildman–Crippen MR) is 89.7 cm³/mol. The summed E-state index contributed by atoms with van der Waals surface area (Å²) >= 11 is 0. The Morgan fingerprint density at radius 2 is 1.48 bits per heavy atom. The maximum Gasteiger partial charge on any atom is 0.0718 e. The highest BCUT2D eigenvalue weighted by Crippen LogP contribution is 2.24. The predicted octanol–water partition coefficient (Wildman–Crippen LogP) is 3.99. The van der Waals surface area contributed by atoms with Gasteiger partial charge < -0.3 is 9.84 Å². The summed E-state index contributed by atoms with van der Waals surface area (Å²) < 4.78 is 5.40. The number of nitrogens with zero attached hydrogens (tertiary/aromatic N) is 1. The van der Waals surface area contributed by atoms with Crippen LogP contribution in [0.2, 0.25) is 0 Å². The molecule has 0 saturated carbocycles. The molecule has 1 aliphatic heterocycles. The van der Waals surface area contributed by atoms with Gasteiger partial charge in [0.25, 0.3) is 0 Å². The summed E-state index contributed by atoms with van der Waals surface area (Å²) in [4.78, 5) is 2.38. The number of morpholine rings is 1. The largest absolute Gasteiger partial charge is 0.391 e. The highest BCUT2D eigenvalue weighted by atomic mass is 16.5. The first-order valence-electron chi connectivity index (χ1n) is 9.10. The van der Waals surface area contributed by atoms with E-state index in [4.69, 9.17) is 4.74 Å². The van der Waals surface area contributed by atoms with Gasteiger partial charge in [-0.1, -0.05) is 58.3 Å². The number of hydrogen-bond donors (Lipinski definition) is 1. The molecule has 3 nitrogen and oxygen atoms in total. The summed E-state index contributed by atoms with van der Waals surface area (Å²) in [6.45, 7) is 10.1. The van der Waals surface area contributed by atoms with Crippen molar-refractivity contribution < 1.29 is 9.84 Å². The second kappa shape index (κ2) is 10.6. The Kier molecular flexibility index (Phi) is 9.54. The SMILES string of the molecule is CCCCCCCCCCC(O)C(C)(C)N1CCOCC1. The van der Waals surface area contributed by atoms with Gasteiger partial charge in [-0.2, -0.15) is 0 Å². The molecule has 0 radical (unpaired) electrons. The average molecular weight is 299 g/mol. The molecule has 3 heteroatoms. The van der Waals surface area contributed by atoms with Crippen molar-refractivity contribution in [3.05, 3.63) is 0 Å². The summed E-state index contributed by atoms with van der Waals surface area (Å²) in [5, 5.41) is 10.5. The monoisotopic (exact) mass is 299 g/mol. The van der Waals surface area contributed by atoms with Gasteiger partial charge in [-0.15, -0.1) is 0 Å². The molecule has 1 saturated heterocycles. The van der Waals surface area contributed by atoms with E-state index in [2.05, 4.69) is 25.7 Å². The highest BCUT2D eigenvalue weighted by Gasteiger charge is 2.34. The second-order valence-corrected chi connectivity index (χ2v) is 7.03. The zero-order valence-electron chi connectivity index (χ0n) is 14.6. The molecule has 0 aliphatic carbocycles. The number of rotatable bonds is 11. The van der Waals surface area contributed by atoms with E-state index in [1.165, 1.54) is 44.9 Å². The number of aliphatic hydroxyl groups excluding tert-OH is 1. The molecule has 1 fully saturated rings. The van der Waals surface area contributed by atoms with Crippen molar-refractivity contribution in [2.75, 3.05) is 26.3 Å². The molecular weight excluding hydrogens is 262 g/mol. The number of unbranched alkanes of at least 4 members (excludes halogenated alkanes) is 7. The van der Waals surface area contributed by atoms with Gasteiger partial charge in [0, 0.05) is 18.6 Å². The van der Waals surface area contributed by atoms with Gasteiger partial charge in [0.1, 0.15) is 0 Å². The van der Waals surface area contributed by atoms with Gasteiger partial charge in [-0.05, 0) is 20.3 Å². The molecule has 0 spiro atoms. The number of hydrogen-bond acceptors (Lipinski definition) is 3. The van der Waals surface area contributed by atoms with E-state index in [1.807, 2.05) is 0 Å². The van der Waals surface area contributed by atoms with Crippen LogP contribution >= 0.6 is 0 Å². The molecular formula is C18H37NO2. The first-order chi connectivity index (χ1) is 10.1. The van der Waals surface area contributed by atoms with Crippen molar-refractivity contribution in [1.29, 1.82) is 0 Å². The fraction of sp³-hybridized carbons (Fsp3) is 1.00. The normalized spacial score (nSPS) is 18.9. The fourth-order valence-corrected chi connectivity index (χ4v) is 3.18. The van der Waals surface area contributed by atoms with Crippen LogP contribution in [0, 0.1) is 0 Å². The third-order valence-corrected chi connectivity index (χ3v) is 4.97. The Morgan fingerprint density at radius 1 is 0.952 bits per heavy atom. The average Bonchev–Trinajstić information content (AvgIpc) is 2.50. The van der Waals surface area contributed by atoms with Crippen molar-refractivity contribution in [2.45, 2.75) is 90.2 Å². The van der Waals surface area contributed by atoms with Crippen LogP contribution in [-0.2, 0) is 4.74 Å². The van der Waals surface area contributed by atoms with E-state index in [1.54, 1.807) is 0 Å². The van der Waals surface area contributed by atoms with E-state index < -0.39 is 0 Å². The number of ether oxygens (including phenoxy) is 1. The van der Waals surface area contributed by atoms with Crippen LogP contribution < -0.4 is 0 Å². The topological polar surface area (TPSA) is 32.7 Å². The van der Waals surface area contributed by atoms with Crippen LogP contribution in [0.1, 0.15) is 78.6 Å². The van der Waals surface area contributed by atoms with Crippen LogP contribution in [0.4, 0.5) is 0 Å². The summed E-state index contributed by atoms with van der Waals surface area (Å²) in [5.41, 5.74) is -0.120. The van der Waals surface area contributed by atoms with E-state index >= 15 is 0 Å². The van der Waals surface area contributed by atoms with Gasteiger partial charge in [-0.25, -0.2) is 0 Å². The molecule has 1 heterocycles. The first-order valence-corrected chi connectivity index (χ1v) is 9.10. The second-order valence-electron chi connectivity index (χ2n) is 7.03. The van der Waals surface area contributed by atoms with Crippen LogP contribution in [0.5, 0.6) is 0 Å². The van der Waals surface area contributed by atoms with Gasteiger partial charge in [0.05, 0.1) is 19.3 Å². The van der Waals surface area contributed by atoms with Crippen LogP contribution in [-0.4, -0.2) is 48.0 Å². The van der Waals surface area contributed by atoms with Crippen molar-refractivity contribution in [1.82, 2.24) is 4.90 Å². The standard InChI is InChI=1S/C18H37NO2/c1-4-5-6-7-8-9-10-11-12-17(20)18(2,3)19-13-15-21-16-14-19/h17,20H,4-16H2,1-3H3. The minimum absolute atomic E-state index is 0.120. The van der Waals surface area contributed by atoms with Gasteiger partial charge in [0.15, 0.2) is 0 Å². The lowest BCUT2D eigenvalue weighted by Crippen LogP contribution is -2.56. The maximum atomic E-state index is 10.5. The quantitative estimate of drug-likeness (QED) is 0.586. The highest BCUT2D eigenvalue weighted by molar-refractivity contribution is 4.89. The summed E-state index contributed by atoms with van der Waals surface area (Å²) in [5.74, 6) is 0. The van der Waals surface area contributed by atoms with Crippen molar-refractivity contribution in [3.63, 3.8) is 0 Å². The summed E-state index contributed by atoms with van der Waals surface area (Å²) in [6.07, 6.45) is 11.3. The van der Waals surface area contributed by atoms with Crippen LogP contribution in [0.15, 0.2) is 0 Å². The minimum atomic E-state index is -0.226. The molecule has 0 aromatic heterocycles. The lowest BCUT2D eigenvalue weighted by molar-refractivity contribution is -0.0643.